The first kappa shape index (κ1) is 11.9. The normalized spacial score (nSPS) is 24.4. The average molecular weight is 244 g/mol. The first-order valence-corrected chi connectivity index (χ1v) is 6.81. The van der Waals surface area contributed by atoms with Crippen molar-refractivity contribution in [2.45, 2.75) is 36.8 Å². The maximum absolute atomic E-state index is 11.3. The number of hydrogen-bond donors (Lipinski definition) is 2. The third-order valence-electron chi connectivity index (χ3n) is 4.29. The van der Waals surface area contributed by atoms with Crippen LogP contribution < -0.4 is 10.6 Å². The van der Waals surface area contributed by atoms with Gasteiger partial charge in [-0.15, -0.1) is 0 Å². The number of hydrogen-bond acceptors (Lipinski definition) is 3. The van der Waals surface area contributed by atoms with Gasteiger partial charge in [-0.3, -0.25) is 5.32 Å². The van der Waals surface area contributed by atoms with Crippen molar-refractivity contribution in [1.29, 1.82) is 0 Å². The molecule has 1 aromatic rings. The molecule has 96 valence electrons. The summed E-state index contributed by atoms with van der Waals surface area (Å²) in [4.78, 5) is 11.3. The predicted molar refractivity (Wildman–Crippen MR) is 71.4 cm³/mol. The van der Waals surface area contributed by atoms with Crippen LogP contribution in [-0.2, 0) is 10.3 Å². The van der Waals surface area contributed by atoms with Gasteiger partial charge in [0.2, 0.25) is 0 Å². The fourth-order valence-electron chi connectivity index (χ4n) is 2.98. The van der Waals surface area contributed by atoms with Gasteiger partial charge in [0.25, 0.3) is 0 Å². The Morgan fingerprint density at radius 1 is 1.06 bits per heavy atom. The van der Waals surface area contributed by atoms with Crippen molar-refractivity contribution >= 4 is 6.29 Å². The fraction of sp³-hybridized carbons (Fsp3) is 0.533. The summed E-state index contributed by atoms with van der Waals surface area (Å²) in [6.07, 6.45) is 5.18. The molecular weight excluding hydrogens is 224 g/mol. The Kier molecular flexibility index (Phi) is 2.96. The molecule has 1 aliphatic carbocycles. The van der Waals surface area contributed by atoms with Crippen LogP contribution in [0.4, 0.5) is 0 Å². The quantitative estimate of drug-likeness (QED) is 0.790. The summed E-state index contributed by atoms with van der Waals surface area (Å²) in [5.41, 5.74) is 1.05. The van der Waals surface area contributed by atoms with Crippen LogP contribution >= 0.6 is 0 Å². The number of nitrogens with one attached hydrogen (secondary N) is 2. The summed E-state index contributed by atoms with van der Waals surface area (Å²) in [6.45, 7) is 2.02. The van der Waals surface area contributed by atoms with Crippen LogP contribution in [0.25, 0.3) is 0 Å². The zero-order valence-electron chi connectivity index (χ0n) is 10.6. The van der Waals surface area contributed by atoms with Gasteiger partial charge < -0.3 is 10.1 Å². The Hall–Kier alpha value is -1.19. The van der Waals surface area contributed by atoms with Gasteiger partial charge in [-0.1, -0.05) is 30.3 Å². The van der Waals surface area contributed by atoms with E-state index in [1.807, 2.05) is 6.07 Å². The number of benzene rings is 1. The third-order valence-corrected chi connectivity index (χ3v) is 4.29. The fourth-order valence-corrected chi connectivity index (χ4v) is 2.98. The molecule has 0 atom stereocenters. The molecule has 0 unspecified atom stereocenters. The van der Waals surface area contributed by atoms with Gasteiger partial charge in [0.1, 0.15) is 6.29 Å². The predicted octanol–water partition coefficient (Wildman–Crippen LogP) is 1.59. The van der Waals surface area contributed by atoms with E-state index in [0.717, 1.165) is 45.1 Å². The van der Waals surface area contributed by atoms with E-state index in [4.69, 9.17) is 0 Å². The molecule has 0 radical (unpaired) electrons. The molecule has 0 aromatic heterocycles. The summed E-state index contributed by atoms with van der Waals surface area (Å²) in [6, 6.07) is 10.6. The van der Waals surface area contributed by atoms with E-state index >= 15 is 0 Å². The molecule has 2 fully saturated rings. The Bertz CT molecular complexity index is 419. The summed E-state index contributed by atoms with van der Waals surface area (Å²) in [5, 5.41) is 7.08. The van der Waals surface area contributed by atoms with E-state index in [0.29, 0.717) is 0 Å². The number of aldehydes is 1. The van der Waals surface area contributed by atoms with E-state index in [2.05, 4.69) is 34.9 Å². The van der Waals surface area contributed by atoms with Crippen molar-refractivity contribution < 1.29 is 4.79 Å². The van der Waals surface area contributed by atoms with Crippen LogP contribution in [0.3, 0.4) is 0 Å². The first-order valence-electron chi connectivity index (χ1n) is 6.81. The molecule has 1 aromatic carbocycles. The molecule has 2 N–H and O–H groups in total. The molecule has 0 amide bonds. The highest BCUT2D eigenvalue weighted by molar-refractivity contribution is 5.69. The number of carbonyl (C=O) groups excluding carboxylic acids is 1. The zero-order chi connectivity index (χ0) is 12.5. The first-order chi connectivity index (χ1) is 8.79. The lowest BCUT2D eigenvalue weighted by Crippen LogP contribution is -2.55. The second kappa shape index (κ2) is 4.48. The van der Waals surface area contributed by atoms with Gasteiger partial charge in [0.15, 0.2) is 0 Å². The van der Waals surface area contributed by atoms with Crippen molar-refractivity contribution in [2.75, 3.05) is 13.1 Å². The Balaban J connectivity index is 1.91. The Morgan fingerprint density at radius 2 is 1.72 bits per heavy atom. The highest BCUT2D eigenvalue weighted by Gasteiger charge is 2.49. The summed E-state index contributed by atoms with van der Waals surface area (Å²) >= 11 is 0. The van der Waals surface area contributed by atoms with E-state index < -0.39 is 0 Å². The zero-order valence-corrected chi connectivity index (χ0v) is 10.6. The second-order valence-electron chi connectivity index (χ2n) is 5.60. The molecule has 18 heavy (non-hydrogen) atoms. The topological polar surface area (TPSA) is 41.1 Å². The van der Waals surface area contributed by atoms with E-state index in [1.54, 1.807) is 0 Å². The van der Waals surface area contributed by atoms with Gasteiger partial charge in [0, 0.05) is 5.54 Å². The van der Waals surface area contributed by atoms with Crippen LogP contribution in [0.1, 0.15) is 31.2 Å². The monoisotopic (exact) mass is 244 g/mol. The summed E-state index contributed by atoms with van der Waals surface area (Å²) in [7, 11) is 0. The van der Waals surface area contributed by atoms with E-state index in [-0.39, 0.29) is 11.1 Å². The number of carbonyl (C=O) groups is 1. The van der Waals surface area contributed by atoms with Crippen LogP contribution in [-0.4, -0.2) is 24.9 Å². The van der Waals surface area contributed by atoms with Crippen molar-refractivity contribution in [3.8, 4) is 0 Å². The largest absolute Gasteiger partial charge is 0.317 e. The third kappa shape index (κ3) is 2.08. The van der Waals surface area contributed by atoms with Gasteiger partial charge in [-0.05, 0) is 44.3 Å². The molecular formula is C15H20N2O. The molecule has 1 heterocycles. The smallest absolute Gasteiger partial charge is 0.140 e. The summed E-state index contributed by atoms with van der Waals surface area (Å²) < 4.78 is 0. The Labute approximate surface area is 108 Å². The van der Waals surface area contributed by atoms with Gasteiger partial charge in [0.05, 0.1) is 5.54 Å². The maximum atomic E-state index is 11.3. The lowest BCUT2D eigenvalue weighted by atomic mass is 9.80. The van der Waals surface area contributed by atoms with Crippen molar-refractivity contribution in [3.63, 3.8) is 0 Å². The molecule has 3 heteroatoms. The molecule has 3 nitrogen and oxygen atoms in total. The SMILES string of the molecule is O=CC1(NC2(c3ccccc3)CCNCC2)CC1. The van der Waals surface area contributed by atoms with E-state index in [1.165, 1.54) is 5.56 Å². The number of rotatable bonds is 4. The molecule has 2 aliphatic rings. The Morgan fingerprint density at radius 3 is 2.28 bits per heavy atom. The van der Waals surface area contributed by atoms with Gasteiger partial charge >= 0.3 is 0 Å². The van der Waals surface area contributed by atoms with Crippen molar-refractivity contribution in [1.82, 2.24) is 10.6 Å². The van der Waals surface area contributed by atoms with Crippen LogP contribution in [0.15, 0.2) is 30.3 Å². The number of piperidine rings is 1. The molecule has 0 bridgehead atoms. The van der Waals surface area contributed by atoms with E-state index in [9.17, 15) is 4.79 Å². The van der Waals surface area contributed by atoms with Gasteiger partial charge in [-0.25, -0.2) is 0 Å². The summed E-state index contributed by atoms with van der Waals surface area (Å²) in [5.74, 6) is 0. The minimum absolute atomic E-state index is 0.0239. The minimum atomic E-state index is -0.243. The van der Waals surface area contributed by atoms with Crippen molar-refractivity contribution in [2.24, 2.45) is 0 Å². The average Bonchev–Trinajstić information content (AvgIpc) is 3.21. The standard InChI is InChI=1S/C15H20N2O/c18-12-14(6-7-14)17-15(8-10-16-11-9-15)13-4-2-1-3-5-13/h1-5,12,16-17H,6-11H2. The van der Waals surface area contributed by atoms with Crippen LogP contribution in [0, 0.1) is 0 Å². The maximum Gasteiger partial charge on any atom is 0.140 e. The molecule has 1 saturated carbocycles. The van der Waals surface area contributed by atoms with Crippen LogP contribution in [0.5, 0.6) is 0 Å². The van der Waals surface area contributed by atoms with Crippen LogP contribution in [0.2, 0.25) is 0 Å². The lowest BCUT2D eigenvalue weighted by molar-refractivity contribution is -0.111. The minimum Gasteiger partial charge on any atom is -0.317 e. The molecule has 0 spiro atoms. The second-order valence-corrected chi connectivity index (χ2v) is 5.60. The lowest BCUT2D eigenvalue weighted by Gasteiger charge is -2.41. The van der Waals surface area contributed by atoms with Crippen molar-refractivity contribution in [3.05, 3.63) is 35.9 Å². The molecule has 3 rings (SSSR count). The highest BCUT2D eigenvalue weighted by atomic mass is 16.1. The highest BCUT2D eigenvalue weighted by Crippen LogP contribution is 2.41. The van der Waals surface area contributed by atoms with Gasteiger partial charge in [-0.2, -0.15) is 0 Å². The molecule has 1 saturated heterocycles. The molecule has 1 aliphatic heterocycles.